The van der Waals surface area contributed by atoms with Crippen LogP contribution in [0.2, 0.25) is 0 Å². The summed E-state index contributed by atoms with van der Waals surface area (Å²) in [7, 11) is 0. The topological polar surface area (TPSA) is 58.1 Å². The number of anilines is 2. The Bertz CT molecular complexity index is 880. The molecule has 1 atom stereocenters. The number of thiazole rings is 1. The average Bonchev–Trinajstić information content (AvgIpc) is 3.08. The monoisotopic (exact) mass is 416 g/mol. The zero-order valence-electron chi connectivity index (χ0n) is 13.5. The number of halogens is 1. The maximum Gasteiger partial charge on any atom is 0.229 e. The molecule has 0 radical (unpaired) electrons. The van der Waals surface area contributed by atoms with Gasteiger partial charge in [0, 0.05) is 23.8 Å². The third-order valence-electron chi connectivity index (χ3n) is 4.35. The highest BCUT2D eigenvalue weighted by atomic mass is 79.9. The maximum atomic E-state index is 12.7. The molecule has 0 spiro atoms. The number of carbonyl (C=O) groups excluding carboxylic acids is 1. The second-order valence-electron chi connectivity index (χ2n) is 6.08. The van der Waals surface area contributed by atoms with Crippen molar-refractivity contribution in [2.45, 2.75) is 12.8 Å². The maximum absolute atomic E-state index is 12.7. The normalized spacial score (nSPS) is 17.6. The minimum atomic E-state index is -0.0409. The Labute approximate surface area is 158 Å². The molecule has 0 unspecified atom stereocenters. The molecule has 1 aliphatic rings. The van der Waals surface area contributed by atoms with E-state index in [9.17, 15) is 4.79 Å². The number of hydrogen-bond donors (Lipinski definition) is 1. The lowest BCUT2D eigenvalue weighted by molar-refractivity contribution is -0.120. The van der Waals surface area contributed by atoms with Crippen LogP contribution < -0.4 is 10.2 Å². The number of hydrogen-bond acceptors (Lipinski definition) is 5. The van der Waals surface area contributed by atoms with Crippen molar-refractivity contribution >= 4 is 54.3 Å². The van der Waals surface area contributed by atoms with Crippen LogP contribution in [-0.4, -0.2) is 29.0 Å². The minimum absolute atomic E-state index is 0.0409. The zero-order chi connectivity index (χ0) is 17.2. The SMILES string of the molecule is O=C(Nc1ccccc1Br)[C@H]1CCCN(c2nc3cccnc3s2)C1. The smallest absolute Gasteiger partial charge is 0.229 e. The van der Waals surface area contributed by atoms with Crippen LogP contribution in [0.1, 0.15) is 12.8 Å². The number of carbonyl (C=O) groups is 1. The van der Waals surface area contributed by atoms with Crippen LogP contribution in [0.25, 0.3) is 10.3 Å². The highest BCUT2D eigenvalue weighted by Gasteiger charge is 2.27. The molecular weight excluding hydrogens is 400 g/mol. The molecule has 3 heterocycles. The lowest BCUT2D eigenvalue weighted by atomic mass is 9.97. The molecule has 1 amide bonds. The van der Waals surface area contributed by atoms with E-state index in [4.69, 9.17) is 0 Å². The highest BCUT2D eigenvalue weighted by molar-refractivity contribution is 9.10. The number of benzene rings is 1. The molecule has 4 rings (SSSR count). The molecule has 0 aliphatic carbocycles. The van der Waals surface area contributed by atoms with Gasteiger partial charge in [0.2, 0.25) is 5.91 Å². The number of para-hydroxylation sites is 1. The van der Waals surface area contributed by atoms with Crippen LogP contribution in [0.5, 0.6) is 0 Å². The fourth-order valence-electron chi connectivity index (χ4n) is 3.06. The third kappa shape index (κ3) is 3.52. The van der Waals surface area contributed by atoms with Crippen molar-refractivity contribution in [3.05, 3.63) is 47.1 Å². The van der Waals surface area contributed by atoms with Gasteiger partial charge in [0.1, 0.15) is 10.3 Å². The number of piperidine rings is 1. The van der Waals surface area contributed by atoms with E-state index in [1.54, 1.807) is 17.5 Å². The number of fused-ring (bicyclic) bond motifs is 1. The first kappa shape index (κ1) is 16.5. The summed E-state index contributed by atoms with van der Waals surface area (Å²) in [6.45, 7) is 1.62. The summed E-state index contributed by atoms with van der Waals surface area (Å²) >= 11 is 5.07. The molecule has 1 aliphatic heterocycles. The Hall–Kier alpha value is -1.99. The van der Waals surface area contributed by atoms with Crippen LogP contribution in [0.4, 0.5) is 10.8 Å². The van der Waals surface area contributed by atoms with Gasteiger partial charge < -0.3 is 10.2 Å². The van der Waals surface area contributed by atoms with Gasteiger partial charge in [-0.25, -0.2) is 9.97 Å². The van der Waals surface area contributed by atoms with Crippen molar-refractivity contribution in [2.24, 2.45) is 5.92 Å². The van der Waals surface area contributed by atoms with Crippen LogP contribution in [-0.2, 0) is 4.79 Å². The summed E-state index contributed by atoms with van der Waals surface area (Å²) in [6.07, 6.45) is 3.67. The first-order valence-corrected chi connectivity index (χ1v) is 9.83. The fraction of sp³-hybridized carbons (Fsp3) is 0.278. The average molecular weight is 417 g/mol. The van der Waals surface area contributed by atoms with Crippen LogP contribution in [0.3, 0.4) is 0 Å². The first-order chi connectivity index (χ1) is 12.2. The van der Waals surface area contributed by atoms with Crippen LogP contribution in [0.15, 0.2) is 47.1 Å². The number of amides is 1. The molecular formula is C18H17BrN4OS. The molecule has 25 heavy (non-hydrogen) atoms. The lowest BCUT2D eigenvalue weighted by Crippen LogP contribution is -2.40. The van der Waals surface area contributed by atoms with Gasteiger partial charge in [-0.2, -0.15) is 0 Å². The van der Waals surface area contributed by atoms with Gasteiger partial charge in [-0.15, -0.1) is 0 Å². The van der Waals surface area contributed by atoms with Crippen LogP contribution >= 0.6 is 27.3 Å². The second kappa shape index (κ2) is 7.09. The van der Waals surface area contributed by atoms with Crippen molar-refractivity contribution in [3.63, 3.8) is 0 Å². The second-order valence-corrected chi connectivity index (χ2v) is 7.89. The summed E-state index contributed by atoms with van der Waals surface area (Å²) in [5.74, 6) is 0.0247. The predicted octanol–water partition coefficient (Wildman–Crippen LogP) is 4.31. The van der Waals surface area contributed by atoms with E-state index in [1.807, 2.05) is 36.4 Å². The Morgan fingerprint density at radius 2 is 2.16 bits per heavy atom. The molecule has 5 nitrogen and oxygen atoms in total. The number of nitrogens with one attached hydrogen (secondary N) is 1. The number of nitrogens with zero attached hydrogens (tertiary/aromatic N) is 3. The van der Waals surface area contributed by atoms with E-state index < -0.39 is 0 Å². The summed E-state index contributed by atoms with van der Waals surface area (Å²) in [5, 5.41) is 3.99. The number of pyridine rings is 1. The predicted molar refractivity (Wildman–Crippen MR) is 105 cm³/mol. The van der Waals surface area contributed by atoms with Gasteiger partial charge >= 0.3 is 0 Å². The summed E-state index contributed by atoms with van der Waals surface area (Å²) in [6, 6.07) is 11.6. The quantitative estimate of drug-likeness (QED) is 0.690. The van der Waals surface area contributed by atoms with E-state index in [0.29, 0.717) is 6.54 Å². The third-order valence-corrected chi connectivity index (χ3v) is 6.08. The number of rotatable bonds is 3. The van der Waals surface area contributed by atoms with Gasteiger partial charge in [0.05, 0.1) is 11.6 Å². The molecule has 1 N–H and O–H groups in total. The Kier molecular flexibility index (Phi) is 4.67. The van der Waals surface area contributed by atoms with E-state index in [2.05, 4.69) is 36.1 Å². The summed E-state index contributed by atoms with van der Waals surface area (Å²) < 4.78 is 0.897. The largest absolute Gasteiger partial charge is 0.347 e. The van der Waals surface area contributed by atoms with E-state index in [0.717, 1.165) is 45.0 Å². The summed E-state index contributed by atoms with van der Waals surface area (Å²) in [4.78, 5) is 24.9. The van der Waals surface area contributed by atoms with Gasteiger partial charge in [-0.3, -0.25) is 4.79 Å². The van der Waals surface area contributed by atoms with Crippen molar-refractivity contribution in [1.29, 1.82) is 0 Å². The van der Waals surface area contributed by atoms with Crippen molar-refractivity contribution in [2.75, 3.05) is 23.3 Å². The highest BCUT2D eigenvalue weighted by Crippen LogP contribution is 2.31. The van der Waals surface area contributed by atoms with Gasteiger partial charge in [-0.05, 0) is 53.0 Å². The first-order valence-electron chi connectivity index (χ1n) is 8.22. The Balaban J connectivity index is 1.48. The van der Waals surface area contributed by atoms with Gasteiger partial charge in [0.25, 0.3) is 0 Å². The molecule has 1 saturated heterocycles. The molecule has 2 aromatic heterocycles. The van der Waals surface area contributed by atoms with E-state index >= 15 is 0 Å². The number of aromatic nitrogens is 2. The van der Waals surface area contributed by atoms with Crippen molar-refractivity contribution in [3.8, 4) is 0 Å². The Morgan fingerprint density at radius 3 is 3.00 bits per heavy atom. The summed E-state index contributed by atoms with van der Waals surface area (Å²) in [5.41, 5.74) is 1.73. The molecule has 1 fully saturated rings. The van der Waals surface area contributed by atoms with Gasteiger partial charge in [-0.1, -0.05) is 23.5 Å². The van der Waals surface area contributed by atoms with E-state index in [1.165, 1.54) is 0 Å². The lowest BCUT2D eigenvalue weighted by Gasteiger charge is -2.31. The molecule has 0 saturated carbocycles. The molecule has 128 valence electrons. The fourth-order valence-corrected chi connectivity index (χ4v) is 4.38. The Morgan fingerprint density at radius 1 is 1.28 bits per heavy atom. The zero-order valence-corrected chi connectivity index (χ0v) is 15.9. The van der Waals surface area contributed by atoms with Crippen molar-refractivity contribution in [1.82, 2.24) is 9.97 Å². The minimum Gasteiger partial charge on any atom is -0.347 e. The van der Waals surface area contributed by atoms with E-state index in [-0.39, 0.29) is 11.8 Å². The standard InChI is InChI=1S/C18H17BrN4OS/c19-13-6-1-2-7-14(13)21-16(24)12-5-4-10-23(11-12)18-22-15-8-3-9-20-17(15)25-18/h1-3,6-9,12H,4-5,10-11H2,(H,21,24)/t12-/m0/s1. The molecule has 0 bridgehead atoms. The van der Waals surface area contributed by atoms with Gasteiger partial charge in [0.15, 0.2) is 5.13 Å². The molecule has 3 aromatic rings. The molecule has 7 heteroatoms. The van der Waals surface area contributed by atoms with Crippen LogP contribution in [0, 0.1) is 5.92 Å². The molecule has 1 aromatic carbocycles. The van der Waals surface area contributed by atoms with Crippen molar-refractivity contribution < 1.29 is 4.79 Å².